The molecule has 123 heavy (non-hydrogen) atoms. The zero-order valence-electron chi connectivity index (χ0n) is 76.8. The van der Waals surface area contributed by atoms with E-state index in [1.165, 1.54) is 57.8 Å². The summed E-state index contributed by atoms with van der Waals surface area (Å²) in [5.41, 5.74) is -7.94. The summed E-state index contributed by atoms with van der Waals surface area (Å²) >= 11 is 0. The van der Waals surface area contributed by atoms with E-state index in [1.54, 1.807) is 34.6 Å². The van der Waals surface area contributed by atoms with Gasteiger partial charge in [0.05, 0.1) is 49.6 Å². The minimum atomic E-state index is -5.89. The Morgan fingerprint density at radius 1 is 0.439 bits per heavy atom. The van der Waals surface area contributed by atoms with Gasteiger partial charge in [-0.15, -0.1) is 0 Å². The van der Waals surface area contributed by atoms with Crippen molar-refractivity contribution in [1.82, 2.24) is 0 Å². The summed E-state index contributed by atoms with van der Waals surface area (Å²) in [6.07, 6.45) is 9.16. The van der Waals surface area contributed by atoms with Crippen molar-refractivity contribution >= 4 is 59.7 Å². The van der Waals surface area contributed by atoms with Crippen LogP contribution < -0.4 is 0 Å². The fourth-order valence-electron chi connectivity index (χ4n) is 24.3. The maximum atomic E-state index is 12.8. The molecule has 14 bridgehead atoms. The maximum Gasteiger partial charge on any atom is 0.434 e. The average molecular weight is 1750 g/mol. The Labute approximate surface area is 723 Å². The minimum absolute atomic E-state index is 0.00636. The van der Waals surface area contributed by atoms with Crippen LogP contribution in [0.15, 0.2) is 0 Å². The van der Waals surface area contributed by atoms with E-state index in [-0.39, 0.29) is 112 Å². The SMILES string of the molecule is CCC(C)(C)C(=O)OC1(C)CC2CC1C1CCCC21.CCC(C)(C)C(=O)OC1(C)CCCC1.CCC(C)(C)C(=O)OC12CC3CC(CC(C3)C1)C2.CCC(C)(C)C(=O)OC12CC3CC(O)(CC(O)(C3)C1)C2.CCC(C)(C)C(=O)OC1C2CC3C1OC(=O)C3(C(=O)OC(C(F)(F)F)C(F)(F)F)C2.CCC(C)(C)C(=O)OCC(=O)OC1C2CC3C(=O)OC1C3C2. The number of aliphatic hydroxyl groups is 2. The summed E-state index contributed by atoms with van der Waals surface area (Å²) < 4.78 is 130. The first-order chi connectivity index (χ1) is 56.7. The second-order valence-corrected chi connectivity index (χ2v) is 45.1. The van der Waals surface area contributed by atoms with E-state index in [0.29, 0.717) is 38.0 Å². The lowest BCUT2D eigenvalue weighted by molar-refractivity contribution is -0.315. The number of hydrogen-bond acceptors (Lipinski definition) is 22. The number of esters is 10. The highest BCUT2D eigenvalue weighted by molar-refractivity contribution is 6.03. The van der Waals surface area contributed by atoms with Gasteiger partial charge in [-0.2, -0.15) is 26.3 Å². The quantitative estimate of drug-likeness (QED) is 0.0440. The third-order valence-corrected chi connectivity index (χ3v) is 33.3. The molecule has 0 aromatic heterocycles. The van der Waals surface area contributed by atoms with Crippen LogP contribution in [0.3, 0.4) is 0 Å². The van der Waals surface area contributed by atoms with Gasteiger partial charge in [-0.05, 0) is 312 Å². The number of halogens is 6. The van der Waals surface area contributed by atoms with Crippen LogP contribution >= 0.6 is 0 Å². The summed E-state index contributed by atoms with van der Waals surface area (Å²) in [6.45, 7) is 38.2. The van der Waals surface area contributed by atoms with Crippen molar-refractivity contribution in [3.05, 3.63) is 0 Å². The number of carbonyl (C=O) groups is 10. The van der Waals surface area contributed by atoms with E-state index < -0.39 is 117 Å². The van der Waals surface area contributed by atoms with E-state index in [1.807, 2.05) is 76.2 Å². The van der Waals surface area contributed by atoms with Gasteiger partial charge in [0.25, 0.3) is 6.10 Å². The zero-order valence-corrected chi connectivity index (χ0v) is 76.8. The number of hydrogen-bond donors (Lipinski definition) is 2. The van der Waals surface area contributed by atoms with Crippen LogP contribution in [-0.4, -0.2) is 153 Å². The van der Waals surface area contributed by atoms with Gasteiger partial charge in [-0.1, -0.05) is 48.0 Å². The van der Waals surface area contributed by atoms with Gasteiger partial charge in [0.1, 0.15) is 46.8 Å². The molecule has 17 atom stereocenters. The first-order valence-electron chi connectivity index (χ1n) is 46.4. The number of alkyl halides is 6. The van der Waals surface area contributed by atoms with Crippen LogP contribution in [0.1, 0.15) is 338 Å². The van der Waals surface area contributed by atoms with Crippen LogP contribution in [0.5, 0.6) is 0 Å². The maximum absolute atomic E-state index is 12.8. The highest BCUT2D eigenvalue weighted by Crippen LogP contribution is 2.67. The highest BCUT2D eigenvalue weighted by atomic mass is 19.4. The standard InChI is InChI=1S/C18H20F6O6.C17H28O2.C16H22O6.C16H26O4.C16H26O2.C12H22O2/c1-4-15(2,3)12(25)28-9-7-5-8-10(9)29-13(26)16(8,6-7)14(27)30-11(17(19,20)21)18(22,23)24;1-5-16(2,3)15(18)19-17(4)10-11-9-14(17)13-8-6-7-12(11)13;1-4-16(2,3)15(19)20-7-11(17)21-12-8-5-9-10(6-8)14(18)22-13(9)12;1-4-13(2,3)12(17)20-16-7-11-5-14(18,9-16)8-15(19,6-11)10-16;1-4-15(2,3)14(17)18-16-8-11-5-12(9-16)7-13(6-11)10-16;1-5-11(2,3)10(13)14-12(4)8-6-7-9-12/h7-11H,4-6H2,1-3H3;11-14H,5-10H2,1-4H3;8-10,12-13H,4-7H2,1-3H3;11,18-19H,4-10H2,1-3H3;11-13H,4-10H2,1-3H3;5-9H2,1-4H3. The predicted molar refractivity (Wildman–Crippen MR) is 437 cm³/mol. The van der Waals surface area contributed by atoms with Crippen molar-refractivity contribution in [3.63, 3.8) is 0 Å². The second kappa shape index (κ2) is 34.9. The van der Waals surface area contributed by atoms with Gasteiger partial charge in [0.2, 0.25) is 0 Å². The molecule has 2 heterocycles. The van der Waals surface area contributed by atoms with Gasteiger partial charge < -0.3 is 57.6 Å². The largest absolute Gasteiger partial charge is 0.459 e. The molecule has 22 nitrogen and oxygen atoms in total. The molecule has 0 amide bonds. The molecular formula is C95H144F6O22. The van der Waals surface area contributed by atoms with E-state index in [4.69, 9.17) is 42.6 Å². The molecule has 0 spiro atoms. The average Bonchev–Trinajstić information content (AvgIpc) is 1.53. The molecule has 0 aromatic carbocycles. The third kappa shape index (κ3) is 20.2. The van der Waals surface area contributed by atoms with Crippen LogP contribution in [0.2, 0.25) is 0 Å². The van der Waals surface area contributed by atoms with E-state index in [9.17, 15) is 84.5 Å². The van der Waals surface area contributed by atoms with E-state index >= 15 is 0 Å². The first-order valence-corrected chi connectivity index (χ1v) is 46.4. The smallest absolute Gasteiger partial charge is 0.434 e. The lowest BCUT2D eigenvalue weighted by Gasteiger charge is -2.62. The van der Waals surface area contributed by atoms with Crippen molar-refractivity contribution in [2.75, 3.05) is 6.61 Å². The van der Waals surface area contributed by atoms with Crippen molar-refractivity contribution < 1.29 is 132 Å². The molecule has 698 valence electrons. The Hall–Kier alpha value is -5.80. The normalized spacial score (nSPS) is 37.4. The Balaban J connectivity index is 0.000000146. The molecule has 16 aliphatic carbocycles. The summed E-state index contributed by atoms with van der Waals surface area (Å²) in [7, 11) is 0. The fourth-order valence-corrected chi connectivity index (χ4v) is 24.3. The first kappa shape index (κ1) is 97.8. The Kier molecular flexibility index (Phi) is 27.8. The van der Waals surface area contributed by atoms with Crippen molar-refractivity contribution in [2.24, 2.45) is 115 Å². The van der Waals surface area contributed by atoms with E-state index in [0.717, 1.165) is 132 Å². The minimum Gasteiger partial charge on any atom is -0.459 e. The molecule has 2 N–H and O–H groups in total. The monoisotopic (exact) mass is 1750 g/mol. The topological polar surface area (TPSA) is 303 Å². The second-order valence-electron chi connectivity index (χ2n) is 45.1. The molecule has 2 saturated heterocycles. The molecular weight excluding hydrogens is 1610 g/mol. The summed E-state index contributed by atoms with van der Waals surface area (Å²) in [5, 5.41) is 21.3. The van der Waals surface area contributed by atoms with Gasteiger partial charge in [-0.3, -0.25) is 43.2 Å². The van der Waals surface area contributed by atoms with Crippen LogP contribution in [-0.2, 0) is 95.3 Å². The molecule has 0 radical (unpaired) electrons. The Morgan fingerprint density at radius 3 is 1.38 bits per heavy atom. The molecule has 18 rings (SSSR count). The molecule has 17 unspecified atom stereocenters. The van der Waals surface area contributed by atoms with Crippen molar-refractivity contribution in [1.29, 1.82) is 0 Å². The third-order valence-electron chi connectivity index (χ3n) is 33.3. The molecule has 2 aliphatic heterocycles. The summed E-state index contributed by atoms with van der Waals surface area (Å²) in [5.74, 6) is -0.257. The number of ether oxygens (including phenoxy) is 10. The summed E-state index contributed by atoms with van der Waals surface area (Å²) in [6, 6.07) is 0. The summed E-state index contributed by atoms with van der Waals surface area (Å²) in [4.78, 5) is 122. The van der Waals surface area contributed by atoms with Crippen molar-refractivity contribution in [3.8, 4) is 0 Å². The van der Waals surface area contributed by atoms with Gasteiger partial charge in [0, 0.05) is 48.9 Å². The molecule has 18 fully saturated rings. The fraction of sp³-hybridized carbons (Fsp3) is 0.895. The molecule has 0 aromatic rings. The number of fused-ring (bicyclic) bond motifs is 7. The van der Waals surface area contributed by atoms with Crippen LogP contribution in [0, 0.1) is 115 Å². The number of rotatable bonds is 22. The lowest BCUT2D eigenvalue weighted by atomic mass is 9.50. The lowest BCUT2D eigenvalue weighted by Crippen LogP contribution is -2.67. The van der Waals surface area contributed by atoms with Gasteiger partial charge in [0.15, 0.2) is 12.0 Å². The van der Waals surface area contributed by atoms with Gasteiger partial charge >= 0.3 is 72.0 Å². The van der Waals surface area contributed by atoms with Crippen LogP contribution in [0.25, 0.3) is 0 Å². The molecule has 18 aliphatic rings. The number of carbonyl (C=O) groups excluding carboxylic acids is 10. The molecule has 28 heteroatoms. The van der Waals surface area contributed by atoms with E-state index in [2.05, 4.69) is 32.4 Å². The van der Waals surface area contributed by atoms with Gasteiger partial charge in [-0.25, -0.2) is 4.79 Å². The Bertz CT molecular complexity index is 3860. The highest BCUT2D eigenvalue weighted by Gasteiger charge is 2.77. The molecule has 16 saturated carbocycles. The predicted octanol–water partition coefficient (Wildman–Crippen LogP) is 18.4. The van der Waals surface area contributed by atoms with Crippen molar-refractivity contribution in [2.45, 2.75) is 414 Å². The van der Waals surface area contributed by atoms with Crippen LogP contribution in [0.4, 0.5) is 26.3 Å². The Morgan fingerprint density at radius 2 is 0.886 bits per heavy atom. The zero-order chi connectivity index (χ0) is 91.4.